The van der Waals surface area contributed by atoms with Crippen molar-refractivity contribution in [1.82, 2.24) is 14.9 Å². The maximum atomic E-state index is 13.3. The van der Waals surface area contributed by atoms with Crippen LogP contribution < -0.4 is 10.6 Å². The molecule has 2 amide bonds. The maximum Gasteiger partial charge on any atom is 0.252 e. The van der Waals surface area contributed by atoms with Gasteiger partial charge in [-0.2, -0.15) is 0 Å². The SMILES string of the molecule is CC(C)C(=O)Nc1ccc(C(=O)NC(c2ccc(F)cc2)c2nccn2C)cc1. The van der Waals surface area contributed by atoms with E-state index in [1.165, 1.54) is 12.1 Å². The van der Waals surface area contributed by atoms with Crippen LogP contribution in [-0.4, -0.2) is 21.4 Å². The van der Waals surface area contributed by atoms with Gasteiger partial charge in [-0.05, 0) is 42.0 Å². The first-order valence-corrected chi connectivity index (χ1v) is 9.29. The number of nitrogens with one attached hydrogen (secondary N) is 2. The summed E-state index contributed by atoms with van der Waals surface area (Å²) in [6, 6.07) is 12.1. The van der Waals surface area contributed by atoms with Crippen LogP contribution in [0.1, 0.15) is 41.6 Å². The molecule has 0 fully saturated rings. The molecule has 1 atom stereocenters. The number of nitrogens with zero attached hydrogens (tertiary/aromatic N) is 2. The summed E-state index contributed by atoms with van der Waals surface area (Å²) in [6.45, 7) is 3.62. The third kappa shape index (κ3) is 4.87. The molecule has 2 aromatic carbocycles. The molecule has 3 rings (SSSR count). The molecule has 6 nitrogen and oxygen atoms in total. The van der Waals surface area contributed by atoms with Crippen molar-refractivity contribution in [1.29, 1.82) is 0 Å². The Hall–Kier alpha value is -3.48. The number of hydrogen-bond acceptors (Lipinski definition) is 3. The lowest BCUT2D eigenvalue weighted by Gasteiger charge is -2.19. The first kappa shape index (κ1) is 20.3. The molecule has 0 aliphatic rings. The van der Waals surface area contributed by atoms with E-state index in [2.05, 4.69) is 15.6 Å². The summed E-state index contributed by atoms with van der Waals surface area (Å²) in [6.07, 6.45) is 3.43. The monoisotopic (exact) mass is 394 g/mol. The van der Waals surface area contributed by atoms with Crippen LogP contribution in [0, 0.1) is 11.7 Å². The van der Waals surface area contributed by atoms with E-state index in [4.69, 9.17) is 0 Å². The van der Waals surface area contributed by atoms with Crippen molar-refractivity contribution in [3.05, 3.63) is 83.7 Å². The number of carbonyl (C=O) groups excluding carboxylic acids is 2. The van der Waals surface area contributed by atoms with Gasteiger partial charge in [0, 0.05) is 36.6 Å². The van der Waals surface area contributed by atoms with Gasteiger partial charge in [0.2, 0.25) is 5.91 Å². The minimum atomic E-state index is -0.538. The molecule has 0 aliphatic heterocycles. The zero-order valence-electron chi connectivity index (χ0n) is 16.5. The molecule has 0 radical (unpaired) electrons. The molecule has 150 valence electrons. The summed E-state index contributed by atoms with van der Waals surface area (Å²) in [5, 5.41) is 5.75. The van der Waals surface area contributed by atoms with Gasteiger partial charge in [0.25, 0.3) is 5.91 Å². The highest BCUT2D eigenvalue weighted by Gasteiger charge is 2.21. The van der Waals surface area contributed by atoms with Crippen molar-refractivity contribution in [3.8, 4) is 0 Å². The molecule has 0 saturated carbocycles. The van der Waals surface area contributed by atoms with Crippen LogP contribution in [0.15, 0.2) is 60.9 Å². The molecule has 7 heteroatoms. The summed E-state index contributed by atoms with van der Waals surface area (Å²) in [5.74, 6) is -0.242. The second-order valence-electron chi connectivity index (χ2n) is 7.08. The fraction of sp³-hybridized carbons (Fsp3) is 0.227. The Morgan fingerprint density at radius 2 is 1.69 bits per heavy atom. The summed E-state index contributed by atoms with van der Waals surface area (Å²) < 4.78 is 15.1. The smallest absolute Gasteiger partial charge is 0.252 e. The van der Waals surface area contributed by atoms with Crippen molar-refractivity contribution < 1.29 is 14.0 Å². The van der Waals surface area contributed by atoms with Gasteiger partial charge in [-0.1, -0.05) is 26.0 Å². The van der Waals surface area contributed by atoms with Gasteiger partial charge in [0.05, 0.1) is 0 Å². The lowest BCUT2D eigenvalue weighted by atomic mass is 10.0. The molecular formula is C22H23FN4O2. The fourth-order valence-corrected chi connectivity index (χ4v) is 2.81. The van der Waals surface area contributed by atoms with Crippen LogP contribution in [-0.2, 0) is 11.8 Å². The molecular weight excluding hydrogens is 371 g/mol. The minimum absolute atomic E-state index is 0.0895. The number of rotatable bonds is 6. The largest absolute Gasteiger partial charge is 0.338 e. The van der Waals surface area contributed by atoms with E-state index in [0.29, 0.717) is 17.1 Å². The second kappa shape index (κ2) is 8.68. The number of benzene rings is 2. The number of anilines is 1. The van der Waals surface area contributed by atoms with Crippen LogP contribution in [0.5, 0.6) is 0 Å². The summed E-state index contributed by atoms with van der Waals surface area (Å²) in [5.41, 5.74) is 1.78. The highest BCUT2D eigenvalue weighted by atomic mass is 19.1. The Bertz CT molecular complexity index is 994. The van der Waals surface area contributed by atoms with Gasteiger partial charge in [0.1, 0.15) is 17.7 Å². The molecule has 0 saturated heterocycles. The van der Waals surface area contributed by atoms with Gasteiger partial charge in [-0.3, -0.25) is 9.59 Å². The molecule has 3 aromatic rings. The number of imidazole rings is 1. The number of aromatic nitrogens is 2. The maximum absolute atomic E-state index is 13.3. The molecule has 1 unspecified atom stereocenters. The third-order valence-electron chi connectivity index (χ3n) is 4.53. The molecule has 1 aromatic heterocycles. The number of carbonyl (C=O) groups is 2. The van der Waals surface area contributed by atoms with E-state index in [9.17, 15) is 14.0 Å². The van der Waals surface area contributed by atoms with Crippen LogP contribution >= 0.6 is 0 Å². The standard InChI is InChI=1S/C22H23FN4O2/c1-14(2)21(28)25-18-10-6-16(7-11-18)22(29)26-19(20-24-12-13-27(20)3)15-4-8-17(23)9-5-15/h4-14,19H,1-3H3,(H,25,28)(H,26,29). The first-order valence-electron chi connectivity index (χ1n) is 9.29. The van der Waals surface area contributed by atoms with Gasteiger partial charge in [0.15, 0.2) is 0 Å². The van der Waals surface area contributed by atoms with Gasteiger partial charge >= 0.3 is 0 Å². The normalized spacial score (nSPS) is 11.9. The highest BCUT2D eigenvalue weighted by Crippen LogP contribution is 2.22. The van der Waals surface area contributed by atoms with E-state index in [-0.39, 0.29) is 23.5 Å². The van der Waals surface area contributed by atoms with Crippen LogP contribution in [0.25, 0.3) is 0 Å². The number of amides is 2. The molecule has 0 bridgehead atoms. The van der Waals surface area contributed by atoms with Crippen LogP contribution in [0.2, 0.25) is 0 Å². The zero-order chi connectivity index (χ0) is 21.0. The Morgan fingerprint density at radius 1 is 1.03 bits per heavy atom. The highest BCUT2D eigenvalue weighted by molar-refractivity contribution is 5.96. The lowest BCUT2D eigenvalue weighted by Crippen LogP contribution is -2.31. The Labute approximate surface area is 168 Å². The lowest BCUT2D eigenvalue weighted by molar-refractivity contribution is -0.118. The Morgan fingerprint density at radius 3 is 2.24 bits per heavy atom. The van der Waals surface area contributed by atoms with E-state index < -0.39 is 6.04 Å². The van der Waals surface area contributed by atoms with Crippen molar-refractivity contribution >= 4 is 17.5 Å². The number of aryl methyl sites for hydroxylation is 1. The fourth-order valence-electron chi connectivity index (χ4n) is 2.81. The quantitative estimate of drug-likeness (QED) is 0.670. The summed E-state index contributed by atoms with van der Waals surface area (Å²) >= 11 is 0. The average Bonchev–Trinajstić information content (AvgIpc) is 3.13. The van der Waals surface area contributed by atoms with Crippen molar-refractivity contribution in [3.63, 3.8) is 0 Å². The average molecular weight is 394 g/mol. The predicted octanol–water partition coefficient (Wildman–Crippen LogP) is 3.67. The van der Waals surface area contributed by atoms with E-state index in [0.717, 1.165) is 5.56 Å². The predicted molar refractivity (Wildman–Crippen MR) is 109 cm³/mol. The van der Waals surface area contributed by atoms with E-state index in [1.807, 2.05) is 20.9 Å². The Kier molecular flexibility index (Phi) is 6.07. The van der Waals surface area contributed by atoms with E-state index in [1.54, 1.807) is 53.4 Å². The number of halogens is 1. The topological polar surface area (TPSA) is 76.0 Å². The molecule has 2 N–H and O–H groups in total. The molecule has 1 heterocycles. The minimum Gasteiger partial charge on any atom is -0.338 e. The molecule has 0 spiro atoms. The second-order valence-corrected chi connectivity index (χ2v) is 7.08. The summed E-state index contributed by atoms with van der Waals surface area (Å²) in [7, 11) is 1.83. The van der Waals surface area contributed by atoms with Gasteiger partial charge in [-0.25, -0.2) is 9.37 Å². The van der Waals surface area contributed by atoms with Crippen molar-refractivity contribution in [2.24, 2.45) is 13.0 Å². The molecule has 0 aliphatic carbocycles. The van der Waals surface area contributed by atoms with Gasteiger partial charge < -0.3 is 15.2 Å². The first-order chi connectivity index (χ1) is 13.8. The van der Waals surface area contributed by atoms with Crippen molar-refractivity contribution in [2.75, 3.05) is 5.32 Å². The van der Waals surface area contributed by atoms with Crippen molar-refractivity contribution in [2.45, 2.75) is 19.9 Å². The number of hydrogen-bond donors (Lipinski definition) is 2. The zero-order valence-corrected chi connectivity index (χ0v) is 16.5. The van der Waals surface area contributed by atoms with Crippen LogP contribution in [0.4, 0.5) is 10.1 Å². The molecule has 29 heavy (non-hydrogen) atoms. The Balaban J connectivity index is 1.81. The van der Waals surface area contributed by atoms with E-state index >= 15 is 0 Å². The summed E-state index contributed by atoms with van der Waals surface area (Å²) in [4.78, 5) is 29.0. The van der Waals surface area contributed by atoms with Crippen LogP contribution in [0.3, 0.4) is 0 Å². The third-order valence-corrected chi connectivity index (χ3v) is 4.53. The van der Waals surface area contributed by atoms with Gasteiger partial charge in [-0.15, -0.1) is 0 Å².